The molecule has 0 amide bonds. The predicted octanol–water partition coefficient (Wildman–Crippen LogP) is 2.72. The van der Waals surface area contributed by atoms with Crippen molar-refractivity contribution < 1.29 is 4.79 Å². The third kappa shape index (κ3) is 3.30. The monoisotopic (exact) mass is 211 g/mol. The van der Waals surface area contributed by atoms with Gasteiger partial charge in [0.1, 0.15) is 5.78 Å². The highest BCUT2D eigenvalue weighted by atomic mass is 16.1. The third-order valence-corrected chi connectivity index (χ3v) is 3.56. The van der Waals surface area contributed by atoms with Crippen LogP contribution in [-0.4, -0.2) is 30.3 Å². The molecule has 1 unspecified atom stereocenters. The fraction of sp³-hybridized carbons (Fsp3) is 0.923. The number of carbonyl (C=O) groups is 1. The second kappa shape index (κ2) is 4.65. The van der Waals surface area contributed by atoms with Crippen LogP contribution in [0.2, 0.25) is 0 Å². The van der Waals surface area contributed by atoms with Gasteiger partial charge in [0, 0.05) is 25.4 Å². The maximum absolute atomic E-state index is 11.5. The van der Waals surface area contributed by atoms with Gasteiger partial charge < -0.3 is 4.90 Å². The van der Waals surface area contributed by atoms with Crippen LogP contribution >= 0.6 is 0 Å². The van der Waals surface area contributed by atoms with Crippen LogP contribution in [0.5, 0.6) is 0 Å². The van der Waals surface area contributed by atoms with E-state index in [9.17, 15) is 4.79 Å². The zero-order valence-corrected chi connectivity index (χ0v) is 10.8. The molecular weight excluding hydrogens is 186 g/mol. The fourth-order valence-corrected chi connectivity index (χ4v) is 2.68. The van der Waals surface area contributed by atoms with Crippen molar-refractivity contribution in [3.63, 3.8) is 0 Å². The molecule has 15 heavy (non-hydrogen) atoms. The van der Waals surface area contributed by atoms with Crippen LogP contribution in [0.4, 0.5) is 0 Å². The fourth-order valence-electron chi connectivity index (χ4n) is 2.68. The van der Waals surface area contributed by atoms with E-state index in [1.165, 1.54) is 0 Å². The molecule has 1 aliphatic rings. The van der Waals surface area contributed by atoms with Crippen LogP contribution in [0.15, 0.2) is 0 Å². The van der Waals surface area contributed by atoms with Gasteiger partial charge in [-0.25, -0.2) is 0 Å². The van der Waals surface area contributed by atoms with Crippen LogP contribution in [0, 0.1) is 11.3 Å². The Morgan fingerprint density at radius 1 is 1.47 bits per heavy atom. The lowest BCUT2D eigenvalue weighted by Gasteiger charge is -2.43. The number of hydrogen-bond donors (Lipinski definition) is 0. The Bertz CT molecular complexity index is 233. The van der Waals surface area contributed by atoms with Crippen LogP contribution in [0.25, 0.3) is 0 Å². The van der Waals surface area contributed by atoms with E-state index in [-0.39, 0.29) is 5.41 Å². The molecule has 1 aliphatic carbocycles. The number of Topliss-reactive ketones (excluding diaryl/α,β-unsaturated/α-hetero) is 1. The van der Waals surface area contributed by atoms with Gasteiger partial charge in [0.2, 0.25) is 0 Å². The van der Waals surface area contributed by atoms with Gasteiger partial charge in [-0.2, -0.15) is 0 Å². The van der Waals surface area contributed by atoms with E-state index in [0.717, 1.165) is 25.8 Å². The lowest BCUT2D eigenvalue weighted by molar-refractivity contribution is -0.125. The average Bonchev–Trinajstić information content (AvgIpc) is 2.08. The van der Waals surface area contributed by atoms with Crippen LogP contribution in [-0.2, 0) is 4.79 Å². The molecule has 2 nitrogen and oxygen atoms in total. The highest BCUT2D eigenvalue weighted by Crippen LogP contribution is 2.36. The molecule has 88 valence electrons. The van der Waals surface area contributed by atoms with Gasteiger partial charge >= 0.3 is 0 Å². The Balaban J connectivity index is 2.67. The summed E-state index contributed by atoms with van der Waals surface area (Å²) in [5.41, 5.74) is 0.289. The van der Waals surface area contributed by atoms with Crippen LogP contribution in [0.1, 0.15) is 47.0 Å². The Morgan fingerprint density at radius 2 is 2.07 bits per heavy atom. The summed E-state index contributed by atoms with van der Waals surface area (Å²) >= 11 is 0. The molecule has 0 aromatic carbocycles. The molecule has 1 saturated carbocycles. The summed E-state index contributed by atoms with van der Waals surface area (Å²) in [6.45, 7) is 10.1. The molecule has 0 spiro atoms. The van der Waals surface area contributed by atoms with E-state index in [0.29, 0.717) is 17.7 Å². The van der Waals surface area contributed by atoms with E-state index in [2.05, 4.69) is 39.6 Å². The summed E-state index contributed by atoms with van der Waals surface area (Å²) in [7, 11) is 2.16. The number of hydrogen-bond acceptors (Lipinski definition) is 2. The summed E-state index contributed by atoms with van der Waals surface area (Å²) in [4.78, 5) is 13.9. The average molecular weight is 211 g/mol. The van der Waals surface area contributed by atoms with Crippen molar-refractivity contribution >= 4 is 5.78 Å². The molecule has 1 atom stereocenters. The largest absolute Gasteiger partial charge is 0.302 e. The number of ketones is 1. The maximum Gasteiger partial charge on any atom is 0.134 e. The summed E-state index contributed by atoms with van der Waals surface area (Å²) in [5, 5.41) is 0. The molecule has 0 aliphatic heterocycles. The van der Waals surface area contributed by atoms with Crippen molar-refractivity contribution in [3.05, 3.63) is 0 Å². The standard InChI is InChI=1S/C13H25NO/c1-10(2)9-14(5)12-8-11(15)6-7-13(12,3)4/h10,12H,6-9H2,1-5H3. The highest BCUT2D eigenvalue weighted by Gasteiger charge is 2.37. The summed E-state index contributed by atoms with van der Waals surface area (Å²) < 4.78 is 0. The summed E-state index contributed by atoms with van der Waals surface area (Å²) in [6, 6.07) is 0.432. The van der Waals surface area contributed by atoms with Gasteiger partial charge in [0.15, 0.2) is 0 Å². The summed E-state index contributed by atoms with van der Waals surface area (Å²) in [5.74, 6) is 1.11. The zero-order chi connectivity index (χ0) is 11.6. The molecule has 0 aromatic rings. The Morgan fingerprint density at radius 3 is 2.60 bits per heavy atom. The smallest absolute Gasteiger partial charge is 0.134 e. The first-order chi connectivity index (χ1) is 6.83. The van der Waals surface area contributed by atoms with E-state index in [1.54, 1.807) is 0 Å². The van der Waals surface area contributed by atoms with E-state index < -0.39 is 0 Å². The molecule has 0 saturated heterocycles. The Hall–Kier alpha value is -0.370. The van der Waals surface area contributed by atoms with Crippen molar-refractivity contribution in [1.29, 1.82) is 0 Å². The second-order valence-electron chi connectivity index (χ2n) is 6.08. The van der Waals surface area contributed by atoms with Crippen LogP contribution in [0.3, 0.4) is 0 Å². The van der Waals surface area contributed by atoms with E-state index in [1.807, 2.05) is 0 Å². The molecule has 0 heterocycles. The minimum Gasteiger partial charge on any atom is -0.302 e. The number of rotatable bonds is 3. The minimum atomic E-state index is 0.289. The lowest BCUT2D eigenvalue weighted by atomic mass is 9.72. The molecule has 0 aromatic heterocycles. The summed E-state index contributed by atoms with van der Waals surface area (Å²) in [6.07, 6.45) is 2.56. The van der Waals surface area contributed by atoms with Crippen molar-refractivity contribution in [2.24, 2.45) is 11.3 Å². The highest BCUT2D eigenvalue weighted by molar-refractivity contribution is 5.80. The topological polar surface area (TPSA) is 20.3 Å². The Labute approximate surface area is 94.0 Å². The van der Waals surface area contributed by atoms with Crippen LogP contribution < -0.4 is 0 Å². The van der Waals surface area contributed by atoms with Crippen molar-refractivity contribution in [1.82, 2.24) is 4.90 Å². The van der Waals surface area contributed by atoms with Crippen molar-refractivity contribution in [3.8, 4) is 0 Å². The first kappa shape index (κ1) is 12.7. The second-order valence-corrected chi connectivity index (χ2v) is 6.08. The molecule has 0 N–H and O–H groups in total. The van der Waals surface area contributed by atoms with Gasteiger partial charge in [-0.3, -0.25) is 4.79 Å². The first-order valence-corrected chi connectivity index (χ1v) is 6.05. The maximum atomic E-state index is 11.5. The van der Waals surface area contributed by atoms with Gasteiger partial charge in [0.05, 0.1) is 0 Å². The molecule has 0 bridgehead atoms. The minimum absolute atomic E-state index is 0.289. The van der Waals surface area contributed by atoms with Crippen molar-refractivity contribution in [2.45, 2.75) is 53.0 Å². The van der Waals surface area contributed by atoms with Gasteiger partial charge in [-0.05, 0) is 24.8 Å². The molecule has 1 rings (SSSR count). The van der Waals surface area contributed by atoms with E-state index >= 15 is 0 Å². The molecule has 2 heteroatoms. The quantitative estimate of drug-likeness (QED) is 0.715. The SMILES string of the molecule is CC(C)CN(C)C1CC(=O)CCC1(C)C. The number of nitrogens with zero attached hydrogens (tertiary/aromatic N) is 1. The zero-order valence-electron chi connectivity index (χ0n) is 10.8. The van der Waals surface area contributed by atoms with Gasteiger partial charge in [-0.15, -0.1) is 0 Å². The lowest BCUT2D eigenvalue weighted by Crippen LogP contribution is -2.48. The molecule has 1 fully saturated rings. The molecule has 0 radical (unpaired) electrons. The van der Waals surface area contributed by atoms with Gasteiger partial charge in [-0.1, -0.05) is 27.7 Å². The normalized spacial score (nSPS) is 26.3. The van der Waals surface area contributed by atoms with Crippen molar-refractivity contribution in [2.75, 3.05) is 13.6 Å². The Kier molecular flexibility index (Phi) is 3.93. The first-order valence-electron chi connectivity index (χ1n) is 6.05. The van der Waals surface area contributed by atoms with E-state index in [4.69, 9.17) is 0 Å². The number of carbonyl (C=O) groups excluding carboxylic acids is 1. The molecular formula is C13H25NO. The predicted molar refractivity (Wildman–Crippen MR) is 63.9 cm³/mol. The third-order valence-electron chi connectivity index (χ3n) is 3.56. The van der Waals surface area contributed by atoms with Gasteiger partial charge in [0.25, 0.3) is 0 Å².